The van der Waals surface area contributed by atoms with E-state index < -0.39 is 12.1 Å². The third-order valence-electron chi connectivity index (χ3n) is 2.95. The van der Waals surface area contributed by atoms with Crippen LogP contribution in [0.4, 0.5) is 4.79 Å². The van der Waals surface area contributed by atoms with Gasteiger partial charge in [0.1, 0.15) is 6.04 Å². The second-order valence-corrected chi connectivity index (χ2v) is 4.31. The van der Waals surface area contributed by atoms with Crippen molar-refractivity contribution in [1.29, 1.82) is 0 Å². The highest BCUT2D eigenvalue weighted by Crippen LogP contribution is 2.28. The second-order valence-electron chi connectivity index (χ2n) is 4.31. The Bertz CT molecular complexity index is 501. The molecule has 1 unspecified atom stereocenters. The fraction of sp³-hybridized carbons (Fsp3) is 0.308. The minimum absolute atomic E-state index is 0.160. The van der Waals surface area contributed by atoms with Gasteiger partial charge in [0.25, 0.3) is 5.91 Å². The smallest absolute Gasteiger partial charge is 0.405 e. The lowest BCUT2D eigenvalue weighted by Gasteiger charge is -2.24. The van der Waals surface area contributed by atoms with Crippen LogP contribution in [0.25, 0.3) is 0 Å². The van der Waals surface area contributed by atoms with Crippen molar-refractivity contribution < 1.29 is 14.7 Å². The standard InChI is InChI=1S/C13H15N3O3/c1-9(15-13(18)19)12(17)16-11(7-8-14-16)10-5-3-2-4-6-10/h2-6,8-9,11,15H,7H2,1H3,(H,18,19)/t9-,11?/m1/s1. The molecule has 1 aromatic rings. The van der Waals surface area contributed by atoms with Crippen molar-refractivity contribution in [1.82, 2.24) is 10.3 Å². The predicted molar refractivity (Wildman–Crippen MR) is 69.8 cm³/mol. The summed E-state index contributed by atoms with van der Waals surface area (Å²) < 4.78 is 0. The Balaban J connectivity index is 2.12. The molecule has 1 aliphatic heterocycles. The molecule has 0 radical (unpaired) electrons. The molecule has 2 atom stereocenters. The highest BCUT2D eigenvalue weighted by atomic mass is 16.4. The monoisotopic (exact) mass is 261 g/mol. The summed E-state index contributed by atoms with van der Waals surface area (Å²) in [6, 6.07) is 8.57. The largest absolute Gasteiger partial charge is 0.465 e. The summed E-state index contributed by atoms with van der Waals surface area (Å²) in [6.45, 7) is 1.51. The quantitative estimate of drug-likeness (QED) is 0.867. The number of amides is 2. The van der Waals surface area contributed by atoms with Crippen molar-refractivity contribution >= 4 is 18.2 Å². The topological polar surface area (TPSA) is 82.0 Å². The maximum Gasteiger partial charge on any atom is 0.405 e. The molecule has 0 aliphatic carbocycles. The molecule has 6 heteroatoms. The molecule has 100 valence electrons. The van der Waals surface area contributed by atoms with Gasteiger partial charge in [-0.2, -0.15) is 5.10 Å². The van der Waals surface area contributed by atoms with Crippen LogP contribution < -0.4 is 5.32 Å². The number of carboxylic acid groups (broad SMARTS) is 1. The normalized spacial score (nSPS) is 19.2. The first-order valence-corrected chi connectivity index (χ1v) is 5.99. The molecule has 6 nitrogen and oxygen atoms in total. The number of nitrogens with one attached hydrogen (secondary N) is 1. The molecule has 1 aliphatic rings. The van der Waals surface area contributed by atoms with Crippen LogP contribution >= 0.6 is 0 Å². The Labute approximate surface area is 110 Å². The Kier molecular flexibility index (Phi) is 3.79. The third kappa shape index (κ3) is 2.90. The average Bonchev–Trinajstić information content (AvgIpc) is 2.87. The summed E-state index contributed by atoms with van der Waals surface area (Å²) in [5.41, 5.74) is 0.982. The van der Waals surface area contributed by atoms with E-state index in [9.17, 15) is 9.59 Å². The Morgan fingerprint density at radius 3 is 2.74 bits per heavy atom. The fourth-order valence-corrected chi connectivity index (χ4v) is 2.02. The lowest BCUT2D eigenvalue weighted by Crippen LogP contribution is -2.44. The van der Waals surface area contributed by atoms with Crippen LogP contribution in [0.1, 0.15) is 24.9 Å². The Morgan fingerprint density at radius 2 is 2.11 bits per heavy atom. The molecule has 1 heterocycles. The number of hydrogen-bond acceptors (Lipinski definition) is 3. The van der Waals surface area contributed by atoms with Crippen LogP contribution in [0, 0.1) is 0 Å². The number of carbonyl (C=O) groups excluding carboxylic acids is 1. The summed E-state index contributed by atoms with van der Waals surface area (Å²) in [4.78, 5) is 22.7. The van der Waals surface area contributed by atoms with E-state index in [0.717, 1.165) is 5.56 Å². The van der Waals surface area contributed by atoms with Gasteiger partial charge in [0.2, 0.25) is 0 Å². The van der Waals surface area contributed by atoms with Crippen LogP contribution in [0.2, 0.25) is 0 Å². The van der Waals surface area contributed by atoms with Gasteiger partial charge in [0, 0.05) is 12.6 Å². The van der Waals surface area contributed by atoms with E-state index in [0.29, 0.717) is 6.42 Å². The van der Waals surface area contributed by atoms with Gasteiger partial charge in [-0.1, -0.05) is 30.3 Å². The van der Waals surface area contributed by atoms with Crippen LogP contribution in [-0.4, -0.2) is 34.4 Å². The highest BCUT2D eigenvalue weighted by Gasteiger charge is 2.31. The summed E-state index contributed by atoms with van der Waals surface area (Å²) in [6.07, 6.45) is 1.08. The number of hydrazone groups is 1. The molecule has 2 rings (SSSR count). The van der Waals surface area contributed by atoms with Crippen LogP contribution in [0.15, 0.2) is 35.4 Å². The maximum atomic E-state index is 12.2. The average molecular weight is 261 g/mol. The fourth-order valence-electron chi connectivity index (χ4n) is 2.02. The summed E-state index contributed by atoms with van der Waals surface area (Å²) >= 11 is 0. The SMILES string of the molecule is C[C@@H](NC(=O)O)C(=O)N1N=CCC1c1ccccc1. The number of nitrogens with zero attached hydrogens (tertiary/aromatic N) is 2. The number of hydrogen-bond donors (Lipinski definition) is 2. The number of rotatable bonds is 3. The zero-order chi connectivity index (χ0) is 13.8. The number of carbonyl (C=O) groups is 2. The van der Waals surface area contributed by atoms with Gasteiger partial charge >= 0.3 is 6.09 Å². The lowest BCUT2D eigenvalue weighted by molar-refractivity contribution is -0.134. The van der Waals surface area contributed by atoms with Gasteiger partial charge in [0.05, 0.1) is 6.04 Å². The van der Waals surface area contributed by atoms with E-state index in [1.165, 1.54) is 11.9 Å². The highest BCUT2D eigenvalue weighted by molar-refractivity contribution is 5.86. The molecule has 0 bridgehead atoms. The van der Waals surface area contributed by atoms with Crippen molar-refractivity contribution in [2.45, 2.75) is 25.4 Å². The van der Waals surface area contributed by atoms with Gasteiger partial charge in [-0.3, -0.25) is 4.79 Å². The second kappa shape index (κ2) is 5.51. The zero-order valence-corrected chi connectivity index (χ0v) is 10.5. The van der Waals surface area contributed by atoms with Gasteiger partial charge < -0.3 is 10.4 Å². The lowest BCUT2D eigenvalue weighted by atomic mass is 10.0. The van der Waals surface area contributed by atoms with E-state index in [-0.39, 0.29) is 11.9 Å². The molecule has 19 heavy (non-hydrogen) atoms. The van der Waals surface area contributed by atoms with Crippen molar-refractivity contribution in [3.8, 4) is 0 Å². The van der Waals surface area contributed by atoms with Crippen molar-refractivity contribution in [2.24, 2.45) is 5.10 Å². The van der Waals surface area contributed by atoms with E-state index in [2.05, 4.69) is 10.4 Å². The predicted octanol–water partition coefficient (Wildman–Crippen LogP) is 1.60. The van der Waals surface area contributed by atoms with Crippen LogP contribution in [0.3, 0.4) is 0 Å². The summed E-state index contributed by atoms with van der Waals surface area (Å²) in [5, 5.41) is 16.2. The molecule has 0 fully saturated rings. The third-order valence-corrected chi connectivity index (χ3v) is 2.95. The van der Waals surface area contributed by atoms with Gasteiger partial charge in [-0.15, -0.1) is 0 Å². The Morgan fingerprint density at radius 1 is 1.42 bits per heavy atom. The summed E-state index contributed by atoms with van der Waals surface area (Å²) in [5.74, 6) is -0.356. The van der Waals surface area contributed by atoms with Gasteiger partial charge in [0.15, 0.2) is 0 Å². The molecule has 0 saturated heterocycles. The minimum atomic E-state index is -1.22. The van der Waals surface area contributed by atoms with Crippen LogP contribution in [0.5, 0.6) is 0 Å². The molecule has 0 saturated carbocycles. The molecule has 0 spiro atoms. The zero-order valence-electron chi connectivity index (χ0n) is 10.5. The van der Waals surface area contributed by atoms with Crippen molar-refractivity contribution in [2.75, 3.05) is 0 Å². The van der Waals surface area contributed by atoms with Gasteiger partial charge in [-0.25, -0.2) is 9.80 Å². The number of benzene rings is 1. The first-order chi connectivity index (χ1) is 9.09. The molecule has 2 amide bonds. The van der Waals surface area contributed by atoms with Crippen molar-refractivity contribution in [3.63, 3.8) is 0 Å². The maximum absolute atomic E-state index is 12.2. The molecular formula is C13H15N3O3. The molecule has 1 aromatic carbocycles. The van der Waals surface area contributed by atoms with E-state index in [4.69, 9.17) is 5.11 Å². The van der Waals surface area contributed by atoms with Gasteiger partial charge in [-0.05, 0) is 12.5 Å². The Hall–Kier alpha value is -2.37. The van der Waals surface area contributed by atoms with Crippen molar-refractivity contribution in [3.05, 3.63) is 35.9 Å². The van der Waals surface area contributed by atoms with E-state index in [1.54, 1.807) is 6.21 Å². The molecule has 2 N–H and O–H groups in total. The minimum Gasteiger partial charge on any atom is -0.465 e. The molecular weight excluding hydrogens is 246 g/mol. The van der Waals surface area contributed by atoms with Crippen LogP contribution in [-0.2, 0) is 4.79 Å². The first-order valence-electron chi connectivity index (χ1n) is 5.99. The first kappa shape index (κ1) is 13.1. The summed E-state index contributed by atoms with van der Waals surface area (Å²) in [7, 11) is 0. The molecule has 0 aromatic heterocycles. The van der Waals surface area contributed by atoms with E-state index >= 15 is 0 Å². The van der Waals surface area contributed by atoms with E-state index in [1.807, 2.05) is 30.3 Å².